The Morgan fingerprint density at radius 2 is 1.82 bits per heavy atom. The maximum atomic E-state index is 12.9. The number of piperazine rings is 1. The van der Waals surface area contributed by atoms with Gasteiger partial charge in [0.1, 0.15) is 0 Å². The molecular formula is C21H26N4O3. The van der Waals surface area contributed by atoms with Gasteiger partial charge in [-0.1, -0.05) is 24.3 Å². The molecule has 1 heterocycles. The summed E-state index contributed by atoms with van der Waals surface area (Å²) in [6.07, 6.45) is 0. The van der Waals surface area contributed by atoms with E-state index in [1.807, 2.05) is 49.1 Å². The van der Waals surface area contributed by atoms with Gasteiger partial charge in [0.05, 0.1) is 11.5 Å². The third-order valence-corrected chi connectivity index (χ3v) is 5.16. The van der Waals surface area contributed by atoms with Gasteiger partial charge in [0.25, 0.3) is 5.69 Å². The van der Waals surface area contributed by atoms with Crippen LogP contribution in [0.1, 0.15) is 12.5 Å². The highest BCUT2D eigenvalue weighted by atomic mass is 16.6. The van der Waals surface area contributed by atoms with Gasteiger partial charge >= 0.3 is 0 Å². The van der Waals surface area contributed by atoms with Crippen LogP contribution in [0.25, 0.3) is 0 Å². The number of anilines is 2. The van der Waals surface area contributed by atoms with Gasteiger partial charge < -0.3 is 9.80 Å². The number of hydrogen-bond acceptors (Lipinski definition) is 5. The quantitative estimate of drug-likeness (QED) is 0.567. The van der Waals surface area contributed by atoms with Crippen LogP contribution in [0, 0.1) is 17.0 Å². The van der Waals surface area contributed by atoms with Crippen LogP contribution in [0.4, 0.5) is 17.1 Å². The lowest BCUT2D eigenvalue weighted by Crippen LogP contribution is -2.50. The third kappa shape index (κ3) is 4.48. The number of amides is 1. The first-order chi connectivity index (χ1) is 13.5. The van der Waals surface area contributed by atoms with Gasteiger partial charge in [0, 0.05) is 56.2 Å². The molecule has 0 bridgehead atoms. The van der Waals surface area contributed by atoms with Crippen LogP contribution in [-0.2, 0) is 4.79 Å². The van der Waals surface area contributed by atoms with Gasteiger partial charge in [-0.05, 0) is 31.5 Å². The highest BCUT2D eigenvalue weighted by Gasteiger charge is 2.23. The number of non-ortho nitro benzene ring substituents is 1. The maximum absolute atomic E-state index is 12.9. The number of rotatable bonds is 6. The zero-order chi connectivity index (χ0) is 20.1. The summed E-state index contributed by atoms with van der Waals surface area (Å²) in [6.45, 7) is 8.01. The second kappa shape index (κ2) is 8.84. The van der Waals surface area contributed by atoms with E-state index in [-0.39, 0.29) is 16.5 Å². The summed E-state index contributed by atoms with van der Waals surface area (Å²) in [4.78, 5) is 29.6. The van der Waals surface area contributed by atoms with E-state index in [0.717, 1.165) is 43.1 Å². The number of benzene rings is 2. The summed E-state index contributed by atoms with van der Waals surface area (Å²) in [5, 5.41) is 11.0. The number of nitrogens with zero attached hydrogens (tertiary/aromatic N) is 4. The van der Waals surface area contributed by atoms with Gasteiger partial charge in [-0.3, -0.25) is 19.8 Å². The van der Waals surface area contributed by atoms with Crippen molar-refractivity contribution in [2.45, 2.75) is 13.8 Å². The first-order valence-electron chi connectivity index (χ1n) is 9.57. The largest absolute Gasteiger partial charge is 0.369 e. The first-order valence-corrected chi connectivity index (χ1v) is 9.57. The molecule has 1 amide bonds. The summed E-state index contributed by atoms with van der Waals surface area (Å²) in [5.74, 6) is 0.0978. The predicted molar refractivity (Wildman–Crippen MR) is 111 cm³/mol. The van der Waals surface area contributed by atoms with Crippen LogP contribution in [-0.4, -0.2) is 55.0 Å². The fourth-order valence-electron chi connectivity index (χ4n) is 3.59. The van der Waals surface area contributed by atoms with Crippen LogP contribution >= 0.6 is 0 Å². The van der Waals surface area contributed by atoms with Crippen molar-refractivity contribution < 1.29 is 9.72 Å². The Balaban J connectivity index is 1.59. The average molecular weight is 382 g/mol. The zero-order valence-corrected chi connectivity index (χ0v) is 16.4. The van der Waals surface area contributed by atoms with E-state index in [2.05, 4.69) is 9.80 Å². The van der Waals surface area contributed by atoms with Gasteiger partial charge in [-0.15, -0.1) is 0 Å². The molecule has 28 heavy (non-hydrogen) atoms. The first kappa shape index (κ1) is 19.8. The summed E-state index contributed by atoms with van der Waals surface area (Å²) in [5.41, 5.74) is 3.01. The van der Waals surface area contributed by atoms with Crippen molar-refractivity contribution in [3.8, 4) is 0 Å². The Labute approximate surface area is 165 Å². The smallest absolute Gasteiger partial charge is 0.271 e. The van der Waals surface area contributed by atoms with Gasteiger partial charge in [-0.25, -0.2) is 0 Å². The van der Waals surface area contributed by atoms with E-state index in [9.17, 15) is 14.9 Å². The SMILES string of the molecule is CCN(C(=O)CN1CCN(c2cccc([N+](=O)[O-])c2)CC1)c1ccccc1C. The number of hydrogen-bond donors (Lipinski definition) is 0. The fraction of sp³-hybridized carbons (Fsp3) is 0.381. The molecule has 7 heteroatoms. The molecule has 1 saturated heterocycles. The molecule has 2 aromatic carbocycles. The van der Waals surface area contributed by atoms with Crippen molar-refractivity contribution in [1.29, 1.82) is 0 Å². The molecule has 0 N–H and O–H groups in total. The highest BCUT2D eigenvalue weighted by Crippen LogP contribution is 2.23. The van der Waals surface area contributed by atoms with Gasteiger partial charge in [0.2, 0.25) is 5.91 Å². The molecule has 1 fully saturated rings. The number of carbonyl (C=O) groups excluding carboxylic acids is 1. The minimum Gasteiger partial charge on any atom is -0.369 e. The number of nitro groups is 1. The number of nitro benzene ring substituents is 1. The average Bonchev–Trinajstić information content (AvgIpc) is 2.70. The molecule has 1 aliphatic rings. The molecule has 0 aliphatic carbocycles. The normalized spacial score (nSPS) is 14.7. The Hall–Kier alpha value is -2.93. The van der Waals surface area contributed by atoms with Crippen LogP contribution in [0.15, 0.2) is 48.5 Å². The van der Waals surface area contributed by atoms with Crippen molar-refractivity contribution >= 4 is 23.0 Å². The molecule has 0 unspecified atom stereocenters. The molecule has 0 aromatic heterocycles. The molecule has 1 aliphatic heterocycles. The van der Waals surface area contributed by atoms with Crippen LogP contribution in [0.3, 0.4) is 0 Å². The van der Waals surface area contributed by atoms with Crippen molar-refractivity contribution in [3.63, 3.8) is 0 Å². The Bertz CT molecular complexity index is 847. The topological polar surface area (TPSA) is 69.9 Å². The maximum Gasteiger partial charge on any atom is 0.271 e. The van der Waals surface area contributed by atoms with E-state index in [4.69, 9.17) is 0 Å². The molecule has 2 aromatic rings. The van der Waals surface area contributed by atoms with Gasteiger partial charge in [0.15, 0.2) is 0 Å². The Morgan fingerprint density at radius 3 is 2.46 bits per heavy atom. The van der Waals surface area contributed by atoms with Crippen molar-refractivity contribution in [2.24, 2.45) is 0 Å². The summed E-state index contributed by atoms with van der Waals surface area (Å²) >= 11 is 0. The molecule has 0 atom stereocenters. The molecule has 0 saturated carbocycles. The van der Waals surface area contributed by atoms with Crippen LogP contribution < -0.4 is 9.80 Å². The monoisotopic (exact) mass is 382 g/mol. The third-order valence-electron chi connectivity index (χ3n) is 5.16. The number of aryl methyl sites for hydroxylation is 1. The lowest BCUT2D eigenvalue weighted by atomic mass is 10.1. The molecular weight excluding hydrogens is 356 g/mol. The molecule has 0 spiro atoms. The minimum absolute atomic E-state index is 0.0978. The Morgan fingerprint density at radius 1 is 1.11 bits per heavy atom. The van der Waals surface area contributed by atoms with E-state index in [1.165, 1.54) is 6.07 Å². The molecule has 148 valence electrons. The lowest BCUT2D eigenvalue weighted by Gasteiger charge is -2.36. The zero-order valence-electron chi connectivity index (χ0n) is 16.4. The summed E-state index contributed by atoms with van der Waals surface area (Å²) in [6, 6.07) is 14.6. The minimum atomic E-state index is -0.372. The van der Waals surface area contributed by atoms with E-state index < -0.39 is 0 Å². The summed E-state index contributed by atoms with van der Waals surface area (Å²) < 4.78 is 0. The molecule has 0 radical (unpaired) electrons. The summed E-state index contributed by atoms with van der Waals surface area (Å²) in [7, 11) is 0. The number of para-hydroxylation sites is 1. The highest BCUT2D eigenvalue weighted by molar-refractivity contribution is 5.95. The molecule has 7 nitrogen and oxygen atoms in total. The number of carbonyl (C=O) groups is 1. The van der Waals surface area contributed by atoms with Crippen LogP contribution in [0.2, 0.25) is 0 Å². The van der Waals surface area contributed by atoms with E-state index >= 15 is 0 Å². The number of likely N-dealkylation sites (N-methyl/N-ethyl adjacent to an activating group) is 1. The van der Waals surface area contributed by atoms with Crippen LogP contribution in [0.5, 0.6) is 0 Å². The standard InChI is InChI=1S/C21H26N4O3/c1-3-24(20-10-5-4-7-17(20)2)21(26)16-22-11-13-23(14-12-22)18-8-6-9-19(15-18)25(27)28/h4-10,15H,3,11-14,16H2,1-2H3. The second-order valence-electron chi connectivity index (χ2n) is 6.96. The van der Waals surface area contributed by atoms with Gasteiger partial charge in [-0.2, -0.15) is 0 Å². The van der Waals surface area contributed by atoms with E-state index in [0.29, 0.717) is 13.1 Å². The van der Waals surface area contributed by atoms with Crippen molar-refractivity contribution in [2.75, 3.05) is 49.1 Å². The molecule has 3 rings (SSSR count). The Kier molecular flexibility index (Phi) is 6.26. The van der Waals surface area contributed by atoms with E-state index in [1.54, 1.807) is 12.1 Å². The predicted octanol–water partition coefficient (Wildman–Crippen LogP) is 3.08. The fourth-order valence-corrected chi connectivity index (χ4v) is 3.59. The second-order valence-corrected chi connectivity index (χ2v) is 6.96. The lowest BCUT2D eigenvalue weighted by molar-refractivity contribution is -0.384. The van der Waals surface area contributed by atoms with Crippen molar-refractivity contribution in [3.05, 3.63) is 64.2 Å². The van der Waals surface area contributed by atoms with Crippen molar-refractivity contribution in [1.82, 2.24) is 4.90 Å².